The maximum Gasteiger partial charge on any atom is 0.269 e. The van der Waals surface area contributed by atoms with Crippen LogP contribution >= 0.6 is 0 Å². The third-order valence-electron chi connectivity index (χ3n) is 4.63. The molecule has 0 N–H and O–H groups in total. The molecule has 11 heteroatoms. The Bertz CT molecular complexity index is 1280. The van der Waals surface area contributed by atoms with Gasteiger partial charge in [0.05, 0.1) is 34.4 Å². The van der Waals surface area contributed by atoms with Crippen LogP contribution in [-0.2, 0) is 11.3 Å². The van der Waals surface area contributed by atoms with Crippen LogP contribution in [0.25, 0.3) is 17.1 Å². The number of rotatable bonds is 7. The highest BCUT2D eigenvalue weighted by Gasteiger charge is 2.16. The lowest BCUT2D eigenvalue weighted by molar-refractivity contribution is -0.384. The van der Waals surface area contributed by atoms with Gasteiger partial charge in [0, 0.05) is 30.6 Å². The summed E-state index contributed by atoms with van der Waals surface area (Å²) < 4.78 is 36.8. The predicted octanol–water partition coefficient (Wildman–Crippen LogP) is 4.21. The van der Waals surface area contributed by atoms with Crippen molar-refractivity contribution in [3.8, 4) is 5.69 Å². The number of halogens is 2. The van der Waals surface area contributed by atoms with Gasteiger partial charge in [-0.25, -0.2) is 18.4 Å². The largest absolute Gasteiger partial charge is 0.485 e. The monoisotopic (exact) mass is 438 g/mol. The molecule has 0 fully saturated rings. The SMILES string of the molecule is C/C(=C(/OCc1cn(-c2ccc([N+](=O)[O-])cc2)nn1)c1ccc(F)cc1F)n1ccnc1. The molecule has 2 heterocycles. The summed E-state index contributed by atoms with van der Waals surface area (Å²) in [5.74, 6) is -1.28. The molecule has 4 rings (SSSR count). The average molecular weight is 438 g/mol. The van der Waals surface area contributed by atoms with E-state index in [2.05, 4.69) is 15.3 Å². The summed E-state index contributed by atoms with van der Waals surface area (Å²) in [5, 5.41) is 18.8. The van der Waals surface area contributed by atoms with E-state index in [0.29, 0.717) is 17.1 Å². The summed E-state index contributed by atoms with van der Waals surface area (Å²) in [6.45, 7) is 1.67. The van der Waals surface area contributed by atoms with Crippen LogP contribution in [0.1, 0.15) is 18.2 Å². The van der Waals surface area contributed by atoms with Gasteiger partial charge in [0.1, 0.15) is 29.7 Å². The molecule has 0 saturated heterocycles. The molecule has 0 bridgehead atoms. The van der Waals surface area contributed by atoms with Gasteiger partial charge in [0.25, 0.3) is 5.69 Å². The fourth-order valence-electron chi connectivity index (χ4n) is 2.99. The number of ether oxygens (including phenoxy) is 1. The molecule has 0 saturated carbocycles. The second-order valence-electron chi connectivity index (χ2n) is 6.73. The number of imidazole rings is 1. The van der Waals surface area contributed by atoms with Gasteiger partial charge in [0.2, 0.25) is 0 Å². The van der Waals surface area contributed by atoms with Crippen LogP contribution in [0.2, 0.25) is 0 Å². The van der Waals surface area contributed by atoms with E-state index in [4.69, 9.17) is 4.74 Å². The normalized spacial score (nSPS) is 11.8. The molecule has 0 atom stereocenters. The van der Waals surface area contributed by atoms with Crippen LogP contribution in [0.3, 0.4) is 0 Å². The zero-order valence-corrected chi connectivity index (χ0v) is 16.7. The summed E-state index contributed by atoms with van der Waals surface area (Å²) in [4.78, 5) is 14.3. The zero-order valence-electron chi connectivity index (χ0n) is 16.7. The number of benzene rings is 2. The van der Waals surface area contributed by atoms with Crippen LogP contribution in [-0.4, -0.2) is 29.5 Å². The van der Waals surface area contributed by atoms with E-state index >= 15 is 0 Å². The average Bonchev–Trinajstić information content (AvgIpc) is 3.47. The Morgan fingerprint density at radius 2 is 1.97 bits per heavy atom. The van der Waals surface area contributed by atoms with Gasteiger partial charge in [0.15, 0.2) is 0 Å². The number of hydrogen-bond acceptors (Lipinski definition) is 6. The molecule has 0 aliphatic rings. The summed E-state index contributed by atoms with van der Waals surface area (Å²) in [5.41, 5.74) is 1.59. The van der Waals surface area contributed by atoms with Crippen LogP contribution < -0.4 is 0 Å². The Morgan fingerprint density at radius 3 is 2.62 bits per heavy atom. The van der Waals surface area contributed by atoms with E-state index in [1.165, 1.54) is 29.2 Å². The topological polar surface area (TPSA) is 101 Å². The minimum absolute atomic E-state index is 0.0384. The molecular formula is C21H16F2N6O3. The van der Waals surface area contributed by atoms with Crippen molar-refractivity contribution >= 4 is 17.1 Å². The number of nitro groups is 1. The maximum absolute atomic E-state index is 14.5. The van der Waals surface area contributed by atoms with Crippen molar-refractivity contribution in [2.24, 2.45) is 0 Å². The smallest absolute Gasteiger partial charge is 0.269 e. The van der Waals surface area contributed by atoms with Gasteiger partial charge in [-0.05, 0) is 31.2 Å². The fourth-order valence-corrected chi connectivity index (χ4v) is 2.99. The van der Waals surface area contributed by atoms with Crippen molar-refractivity contribution in [3.63, 3.8) is 0 Å². The number of allylic oxidation sites excluding steroid dienone is 1. The quantitative estimate of drug-likeness (QED) is 0.243. The lowest BCUT2D eigenvalue weighted by atomic mass is 10.1. The van der Waals surface area contributed by atoms with Crippen LogP contribution in [0, 0.1) is 21.7 Å². The summed E-state index contributed by atoms with van der Waals surface area (Å²) in [6, 6.07) is 9.03. The van der Waals surface area contributed by atoms with Crippen molar-refractivity contribution in [3.05, 3.63) is 100 Å². The standard InChI is InChI=1S/C21H16F2N6O3/c1-14(27-9-8-24-13-27)21(19-7-2-15(22)10-20(19)23)32-12-16-11-28(26-25-16)17-3-5-18(6-4-17)29(30)31/h2-11,13H,12H2,1H3/b21-14-. The summed E-state index contributed by atoms with van der Waals surface area (Å²) in [7, 11) is 0. The number of nitro benzene ring substituents is 1. The molecular weight excluding hydrogens is 422 g/mol. The molecule has 0 aliphatic carbocycles. The number of nitrogens with zero attached hydrogens (tertiary/aromatic N) is 6. The van der Waals surface area contributed by atoms with Crippen LogP contribution in [0.15, 0.2) is 67.4 Å². The number of aromatic nitrogens is 5. The highest BCUT2D eigenvalue weighted by molar-refractivity contribution is 5.78. The van der Waals surface area contributed by atoms with Gasteiger partial charge >= 0.3 is 0 Å². The van der Waals surface area contributed by atoms with Gasteiger partial charge in [-0.1, -0.05) is 5.21 Å². The van der Waals surface area contributed by atoms with E-state index in [0.717, 1.165) is 12.1 Å². The molecule has 4 aromatic rings. The molecule has 32 heavy (non-hydrogen) atoms. The van der Waals surface area contributed by atoms with E-state index in [1.54, 1.807) is 42.2 Å². The third kappa shape index (κ3) is 4.36. The summed E-state index contributed by atoms with van der Waals surface area (Å²) >= 11 is 0. The molecule has 0 amide bonds. The van der Waals surface area contributed by atoms with Crippen LogP contribution in [0.5, 0.6) is 0 Å². The molecule has 162 valence electrons. The first-order valence-corrected chi connectivity index (χ1v) is 9.36. The summed E-state index contributed by atoms with van der Waals surface area (Å²) in [6.07, 6.45) is 6.36. The first-order chi connectivity index (χ1) is 15.4. The molecule has 2 aromatic carbocycles. The Hall–Kier alpha value is -4.41. The van der Waals surface area contributed by atoms with Crippen molar-refractivity contribution in [2.45, 2.75) is 13.5 Å². The fraction of sp³-hybridized carbons (Fsp3) is 0.0952. The minimum Gasteiger partial charge on any atom is -0.485 e. The molecule has 0 aliphatic heterocycles. The highest BCUT2D eigenvalue weighted by atomic mass is 19.1. The van der Waals surface area contributed by atoms with E-state index < -0.39 is 16.6 Å². The van der Waals surface area contributed by atoms with Gasteiger partial charge < -0.3 is 9.30 Å². The lowest BCUT2D eigenvalue weighted by Gasteiger charge is -2.15. The first-order valence-electron chi connectivity index (χ1n) is 9.36. The van der Waals surface area contributed by atoms with Gasteiger partial charge in [-0.15, -0.1) is 5.10 Å². The van der Waals surface area contributed by atoms with Crippen molar-refractivity contribution in [1.82, 2.24) is 24.5 Å². The van der Waals surface area contributed by atoms with Gasteiger partial charge in [-0.2, -0.15) is 0 Å². The Kier molecular flexibility index (Phi) is 5.71. The zero-order chi connectivity index (χ0) is 22.7. The first kappa shape index (κ1) is 20.8. The van der Waals surface area contributed by atoms with E-state index in [-0.39, 0.29) is 23.6 Å². The molecule has 0 radical (unpaired) electrons. The predicted molar refractivity (Wildman–Crippen MR) is 110 cm³/mol. The number of hydrogen-bond donors (Lipinski definition) is 0. The van der Waals surface area contributed by atoms with Crippen molar-refractivity contribution < 1.29 is 18.4 Å². The Labute approximate surface area is 180 Å². The van der Waals surface area contributed by atoms with E-state index in [1.807, 2.05) is 0 Å². The lowest BCUT2D eigenvalue weighted by Crippen LogP contribution is -2.03. The maximum atomic E-state index is 14.5. The van der Waals surface area contributed by atoms with Gasteiger partial charge in [-0.3, -0.25) is 10.1 Å². The Morgan fingerprint density at radius 1 is 1.19 bits per heavy atom. The number of non-ortho nitro benzene ring substituents is 1. The molecule has 0 unspecified atom stereocenters. The molecule has 2 aromatic heterocycles. The molecule has 9 nitrogen and oxygen atoms in total. The third-order valence-corrected chi connectivity index (χ3v) is 4.63. The second kappa shape index (κ2) is 8.76. The second-order valence-corrected chi connectivity index (χ2v) is 6.73. The van der Waals surface area contributed by atoms with Crippen molar-refractivity contribution in [1.29, 1.82) is 0 Å². The Balaban J connectivity index is 1.59. The van der Waals surface area contributed by atoms with E-state index in [9.17, 15) is 18.9 Å². The minimum atomic E-state index is -0.769. The molecule has 0 spiro atoms. The van der Waals surface area contributed by atoms with Crippen LogP contribution in [0.4, 0.5) is 14.5 Å². The van der Waals surface area contributed by atoms with Crippen molar-refractivity contribution in [2.75, 3.05) is 0 Å². The highest BCUT2D eigenvalue weighted by Crippen LogP contribution is 2.27.